The number of morpholine rings is 1. The molecule has 0 aromatic heterocycles. The van der Waals surface area contributed by atoms with Crippen LogP contribution in [0.4, 0.5) is 5.69 Å². The van der Waals surface area contributed by atoms with Crippen molar-refractivity contribution in [2.75, 3.05) is 31.6 Å². The van der Waals surface area contributed by atoms with Crippen LogP contribution in [0.5, 0.6) is 0 Å². The quantitative estimate of drug-likeness (QED) is 0.863. The second kappa shape index (κ2) is 6.83. The van der Waals surface area contributed by atoms with Crippen molar-refractivity contribution in [2.45, 2.75) is 26.1 Å². The van der Waals surface area contributed by atoms with Crippen LogP contribution in [0.1, 0.15) is 12.5 Å². The fraction of sp³-hybridized carbons (Fsp3) is 0.533. The number of para-hydroxylation sites is 1. The number of carbonyl (C=O) groups excluding carboxylic acids is 1. The van der Waals surface area contributed by atoms with Crippen LogP contribution < -0.4 is 5.32 Å². The Morgan fingerprint density at radius 1 is 1.45 bits per heavy atom. The van der Waals surface area contributed by atoms with Gasteiger partial charge in [-0.2, -0.15) is 0 Å². The molecule has 1 amide bonds. The predicted molar refractivity (Wildman–Crippen MR) is 77.7 cm³/mol. The monoisotopic (exact) mass is 278 g/mol. The summed E-state index contributed by atoms with van der Waals surface area (Å²) in [6.07, 6.45) is -0.169. The van der Waals surface area contributed by atoms with E-state index in [0.717, 1.165) is 11.3 Å². The lowest BCUT2D eigenvalue weighted by atomic mass is 10.2. The highest BCUT2D eigenvalue weighted by molar-refractivity contribution is 5.92. The molecule has 1 fully saturated rings. The molecule has 5 heteroatoms. The fourth-order valence-electron chi connectivity index (χ4n) is 2.48. The Hall–Kier alpha value is -1.43. The van der Waals surface area contributed by atoms with E-state index in [9.17, 15) is 9.90 Å². The minimum atomic E-state index is -0.204. The second-order valence-electron chi connectivity index (χ2n) is 5.31. The van der Waals surface area contributed by atoms with Crippen molar-refractivity contribution >= 4 is 11.6 Å². The first-order valence-electron chi connectivity index (χ1n) is 6.92. The Labute approximate surface area is 119 Å². The van der Waals surface area contributed by atoms with Gasteiger partial charge in [0.15, 0.2) is 0 Å². The van der Waals surface area contributed by atoms with Crippen LogP contribution in [0, 0.1) is 6.92 Å². The Balaban J connectivity index is 1.89. The summed E-state index contributed by atoms with van der Waals surface area (Å²) in [5, 5.41) is 12.1. The van der Waals surface area contributed by atoms with E-state index in [1.54, 1.807) is 0 Å². The topological polar surface area (TPSA) is 61.8 Å². The van der Waals surface area contributed by atoms with Crippen LogP contribution in [0.15, 0.2) is 24.3 Å². The van der Waals surface area contributed by atoms with Crippen molar-refractivity contribution in [1.82, 2.24) is 4.90 Å². The Kier molecular flexibility index (Phi) is 5.11. The third kappa shape index (κ3) is 4.03. The molecular weight excluding hydrogens is 256 g/mol. The number of aliphatic hydroxyl groups is 1. The first-order valence-corrected chi connectivity index (χ1v) is 6.92. The predicted octanol–water partition coefficient (Wildman–Crippen LogP) is 1.02. The lowest BCUT2D eigenvalue weighted by Gasteiger charge is -2.35. The molecule has 1 aliphatic rings. The molecule has 0 aliphatic carbocycles. The zero-order valence-corrected chi connectivity index (χ0v) is 12.0. The van der Waals surface area contributed by atoms with Gasteiger partial charge in [0, 0.05) is 18.8 Å². The van der Waals surface area contributed by atoms with Crippen LogP contribution in [-0.2, 0) is 9.53 Å². The maximum absolute atomic E-state index is 12.1. The highest BCUT2D eigenvalue weighted by atomic mass is 16.5. The molecule has 110 valence electrons. The second-order valence-corrected chi connectivity index (χ2v) is 5.31. The van der Waals surface area contributed by atoms with Gasteiger partial charge >= 0.3 is 0 Å². The Morgan fingerprint density at radius 2 is 2.20 bits per heavy atom. The van der Waals surface area contributed by atoms with Crippen molar-refractivity contribution in [1.29, 1.82) is 0 Å². The van der Waals surface area contributed by atoms with Crippen LogP contribution in [-0.4, -0.2) is 54.4 Å². The number of anilines is 1. The van der Waals surface area contributed by atoms with Crippen LogP contribution in [0.3, 0.4) is 0 Å². The van der Waals surface area contributed by atoms with Crippen molar-refractivity contribution in [3.8, 4) is 0 Å². The lowest BCUT2D eigenvalue weighted by Crippen LogP contribution is -2.50. The maximum Gasteiger partial charge on any atom is 0.238 e. The number of hydrogen-bond donors (Lipinski definition) is 2. The minimum absolute atomic E-state index is 0.0136. The number of rotatable bonds is 4. The summed E-state index contributed by atoms with van der Waals surface area (Å²) in [6, 6.07) is 7.71. The number of nitrogens with zero attached hydrogens (tertiary/aromatic N) is 1. The van der Waals surface area contributed by atoms with Gasteiger partial charge in [-0.05, 0) is 25.5 Å². The number of carbonyl (C=O) groups is 1. The lowest BCUT2D eigenvalue weighted by molar-refractivity contribution is -0.124. The van der Waals surface area contributed by atoms with Crippen molar-refractivity contribution in [3.63, 3.8) is 0 Å². The number of benzene rings is 1. The van der Waals surface area contributed by atoms with Gasteiger partial charge in [0.25, 0.3) is 0 Å². The molecule has 2 atom stereocenters. The molecule has 0 radical (unpaired) electrons. The van der Waals surface area contributed by atoms with E-state index >= 15 is 0 Å². The summed E-state index contributed by atoms with van der Waals surface area (Å²) in [7, 11) is 0. The standard InChI is InChI=1S/C15H22N2O3/c1-11-5-3-4-6-14(11)16-15(19)9-17-7-12(2)20-13(8-17)10-18/h3-6,12-13,18H,7-10H2,1-2H3,(H,16,19). The van der Waals surface area contributed by atoms with Crippen LogP contribution >= 0.6 is 0 Å². The molecule has 0 bridgehead atoms. The van der Waals surface area contributed by atoms with Crippen LogP contribution in [0.25, 0.3) is 0 Å². The number of amides is 1. The average molecular weight is 278 g/mol. The third-order valence-corrected chi connectivity index (χ3v) is 3.39. The molecular formula is C15H22N2O3. The van der Waals surface area contributed by atoms with Crippen molar-refractivity contribution in [3.05, 3.63) is 29.8 Å². The van der Waals surface area contributed by atoms with E-state index in [2.05, 4.69) is 5.32 Å². The summed E-state index contributed by atoms with van der Waals surface area (Å²) in [5.74, 6) is -0.0370. The van der Waals surface area contributed by atoms with Gasteiger partial charge in [-0.1, -0.05) is 18.2 Å². The summed E-state index contributed by atoms with van der Waals surface area (Å²) in [6.45, 7) is 5.51. The summed E-state index contributed by atoms with van der Waals surface area (Å²) < 4.78 is 5.56. The first-order chi connectivity index (χ1) is 9.58. The molecule has 0 saturated carbocycles. The number of ether oxygens (including phenoxy) is 1. The zero-order valence-electron chi connectivity index (χ0n) is 12.0. The van der Waals surface area contributed by atoms with E-state index in [4.69, 9.17) is 4.74 Å². The molecule has 1 aromatic carbocycles. The molecule has 2 rings (SSSR count). The normalized spacial score (nSPS) is 23.6. The summed E-state index contributed by atoms with van der Waals surface area (Å²) >= 11 is 0. The zero-order chi connectivity index (χ0) is 14.5. The Morgan fingerprint density at radius 3 is 2.90 bits per heavy atom. The first kappa shape index (κ1) is 15.0. The number of aryl methyl sites for hydroxylation is 1. The largest absolute Gasteiger partial charge is 0.394 e. The smallest absolute Gasteiger partial charge is 0.238 e. The molecule has 1 saturated heterocycles. The van der Waals surface area contributed by atoms with Gasteiger partial charge in [0.2, 0.25) is 5.91 Å². The van der Waals surface area contributed by atoms with Gasteiger partial charge in [0.05, 0.1) is 25.4 Å². The highest BCUT2D eigenvalue weighted by Gasteiger charge is 2.25. The van der Waals surface area contributed by atoms with E-state index in [-0.39, 0.29) is 24.7 Å². The SMILES string of the molecule is Cc1ccccc1NC(=O)CN1CC(C)OC(CO)C1. The van der Waals surface area contributed by atoms with Crippen LogP contribution in [0.2, 0.25) is 0 Å². The molecule has 20 heavy (non-hydrogen) atoms. The molecule has 1 aromatic rings. The van der Waals surface area contributed by atoms with Crippen molar-refractivity contribution in [2.24, 2.45) is 0 Å². The molecule has 2 N–H and O–H groups in total. The maximum atomic E-state index is 12.1. The minimum Gasteiger partial charge on any atom is -0.394 e. The van der Waals surface area contributed by atoms with E-state index in [1.165, 1.54) is 0 Å². The highest BCUT2D eigenvalue weighted by Crippen LogP contribution is 2.14. The molecule has 0 spiro atoms. The summed E-state index contributed by atoms with van der Waals surface area (Å²) in [5.41, 5.74) is 1.89. The molecule has 1 aliphatic heterocycles. The van der Waals surface area contributed by atoms with Gasteiger partial charge in [0.1, 0.15) is 0 Å². The third-order valence-electron chi connectivity index (χ3n) is 3.39. The number of hydrogen-bond acceptors (Lipinski definition) is 4. The fourth-order valence-corrected chi connectivity index (χ4v) is 2.48. The van der Waals surface area contributed by atoms with Gasteiger partial charge in [-0.15, -0.1) is 0 Å². The van der Waals surface area contributed by atoms with Gasteiger partial charge in [-0.25, -0.2) is 0 Å². The van der Waals surface area contributed by atoms with Gasteiger partial charge in [-0.3, -0.25) is 9.69 Å². The number of nitrogens with one attached hydrogen (secondary N) is 1. The van der Waals surface area contributed by atoms with E-state index < -0.39 is 0 Å². The Bertz CT molecular complexity index is 464. The van der Waals surface area contributed by atoms with E-state index in [0.29, 0.717) is 19.6 Å². The molecule has 2 unspecified atom stereocenters. The number of aliphatic hydroxyl groups excluding tert-OH is 1. The summed E-state index contributed by atoms with van der Waals surface area (Å²) in [4.78, 5) is 14.1. The molecule has 5 nitrogen and oxygen atoms in total. The average Bonchev–Trinajstić information content (AvgIpc) is 2.40. The van der Waals surface area contributed by atoms with Gasteiger partial charge < -0.3 is 15.2 Å². The van der Waals surface area contributed by atoms with Crippen molar-refractivity contribution < 1.29 is 14.6 Å². The molecule has 1 heterocycles. The van der Waals surface area contributed by atoms with E-state index in [1.807, 2.05) is 43.0 Å².